The zero-order chi connectivity index (χ0) is 12.8. The van der Waals surface area contributed by atoms with Crippen LogP contribution in [0.15, 0.2) is 41.5 Å². The summed E-state index contributed by atoms with van der Waals surface area (Å²) in [6.45, 7) is 8.29. The molecule has 1 N–H and O–H groups in total. The van der Waals surface area contributed by atoms with Crippen molar-refractivity contribution in [1.82, 2.24) is 0 Å². The standard InChI is InChI=1S/C16H22O/c1-12(2)8-10-14-6-5-7-15(16(14)17)11-9-13(3)4/h5-9,17H,10-11H2,1-4H3. The van der Waals surface area contributed by atoms with Gasteiger partial charge in [0.15, 0.2) is 0 Å². The Kier molecular flexibility index (Phi) is 5.02. The number of hydrogen-bond acceptors (Lipinski definition) is 1. The number of aromatic hydroxyl groups is 1. The van der Waals surface area contributed by atoms with Crippen LogP contribution in [0.1, 0.15) is 38.8 Å². The molecule has 0 unspecified atom stereocenters. The van der Waals surface area contributed by atoms with Crippen molar-refractivity contribution in [2.24, 2.45) is 0 Å². The predicted molar refractivity (Wildman–Crippen MR) is 74.4 cm³/mol. The van der Waals surface area contributed by atoms with Gasteiger partial charge in [0.1, 0.15) is 5.75 Å². The maximum atomic E-state index is 10.2. The molecule has 17 heavy (non-hydrogen) atoms. The molecule has 0 spiro atoms. The van der Waals surface area contributed by atoms with Crippen molar-refractivity contribution in [3.8, 4) is 5.75 Å². The molecule has 0 atom stereocenters. The summed E-state index contributed by atoms with van der Waals surface area (Å²) in [4.78, 5) is 0. The van der Waals surface area contributed by atoms with Gasteiger partial charge in [-0.25, -0.2) is 0 Å². The lowest BCUT2D eigenvalue weighted by Crippen LogP contribution is -1.89. The minimum absolute atomic E-state index is 0.447. The van der Waals surface area contributed by atoms with E-state index >= 15 is 0 Å². The molecule has 0 saturated heterocycles. The largest absolute Gasteiger partial charge is 0.507 e. The van der Waals surface area contributed by atoms with Crippen molar-refractivity contribution < 1.29 is 5.11 Å². The van der Waals surface area contributed by atoms with E-state index in [1.54, 1.807) is 0 Å². The molecule has 1 heteroatoms. The van der Waals surface area contributed by atoms with Crippen LogP contribution in [0.2, 0.25) is 0 Å². The molecule has 0 aromatic heterocycles. The van der Waals surface area contributed by atoms with Crippen LogP contribution in [0, 0.1) is 0 Å². The highest BCUT2D eigenvalue weighted by Crippen LogP contribution is 2.24. The first-order chi connectivity index (χ1) is 8.00. The average molecular weight is 230 g/mol. The quantitative estimate of drug-likeness (QED) is 0.760. The molecule has 0 aliphatic heterocycles. The Hall–Kier alpha value is -1.50. The topological polar surface area (TPSA) is 20.2 Å². The van der Waals surface area contributed by atoms with E-state index < -0.39 is 0 Å². The van der Waals surface area contributed by atoms with Gasteiger partial charge in [0.05, 0.1) is 0 Å². The Labute approximate surface area is 104 Å². The smallest absolute Gasteiger partial charge is 0.122 e. The lowest BCUT2D eigenvalue weighted by Gasteiger charge is -2.07. The summed E-state index contributed by atoms with van der Waals surface area (Å²) in [6, 6.07) is 5.99. The fraction of sp³-hybridized carbons (Fsp3) is 0.375. The molecule has 1 rings (SSSR count). The van der Waals surface area contributed by atoms with Gasteiger partial charge in [0.2, 0.25) is 0 Å². The van der Waals surface area contributed by atoms with Gasteiger partial charge in [0, 0.05) is 0 Å². The normalized spacial score (nSPS) is 9.88. The highest BCUT2D eigenvalue weighted by Gasteiger charge is 2.04. The molecule has 0 bridgehead atoms. The van der Waals surface area contributed by atoms with Crippen LogP contribution in [0.4, 0.5) is 0 Å². The van der Waals surface area contributed by atoms with Crippen LogP contribution >= 0.6 is 0 Å². The molecule has 0 radical (unpaired) electrons. The molecular formula is C16H22O. The van der Waals surface area contributed by atoms with Crippen LogP contribution in [0.5, 0.6) is 5.75 Å². The van der Waals surface area contributed by atoms with Gasteiger partial charge in [-0.05, 0) is 51.7 Å². The Balaban J connectivity index is 2.91. The first-order valence-corrected chi connectivity index (χ1v) is 6.07. The van der Waals surface area contributed by atoms with E-state index in [0.717, 1.165) is 24.0 Å². The van der Waals surface area contributed by atoms with Crippen molar-refractivity contribution in [2.45, 2.75) is 40.5 Å². The molecule has 92 valence electrons. The van der Waals surface area contributed by atoms with Crippen molar-refractivity contribution in [3.63, 3.8) is 0 Å². The van der Waals surface area contributed by atoms with Gasteiger partial charge >= 0.3 is 0 Å². The van der Waals surface area contributed by atoms with Gasteiger partial charge in [-0.3, -0.25) is 0 Å². The van der Waals surface area contributed by atoms with Gasteiger partial charge in [-0.1, -0.05) is 41.5 Å². The molecule has 1 nitrogen and oxygen atoms in total. The summed E-state index contributed by atoms with van der Waals surface area (Å²) in [7, 11) is 0. The van der Waals surface area contributed by atoms with Gasteiger partial charge in [-0.2, -0.15) is 0 Å². The summed E-state index contributed by atoms with van der Waals surface area (Å²) < 4.78 is 0. The Morgan fingerprint density at radius 3 is 1.71 bits per heavy atom. The number of benzene rings is 1. The first-order valence-electron chi connectivity index (χ1n) is 6.07. The van der Waals surface area contributed by atoms with Crippen molar-refractivity contribution >= 4 is 0 Å². The van der Waals surface area contributed by atoms with E-state index in [0.29, 0.717) is 5.75 Å². The van der Waals surface area contributed by atoms with Crippen molar-refractivity contribution in [1.29, 1.82) is 0 Å². The molecule has 1 aromatic carbocycles. The fourth-order valence-electron chi connectivity index (χ4n) is 1.60. The van der Waals surface area contributed by atoms with Crippen molar-refractivity contribution in [3.05, 3.63) is 52.6 Å². The van der Waals surface area contributed by atoms with Crippen LogP contribution in [-0.2, 0) is 12.8 Å². The monoisotopic (exact) mass is 230 g/mol. The molecule has 0 fully saturated rings. The molecule has 0 aliphatic carbocycles. The average Bonchev–Trinajstić information content (AvgIpc) is 2.25. The number of phenols is 1. The third-order valence-corrected chi connectivity index (χ3v) is 2.66. The minimum Gasteiger partial charge on any atom is -0.507 e. The summed E-state index contributed by atoms with van der Waals surface area (Å²) in [6.07, 6.45) is 5.88. The number of para-hydroxylation sites is 1. The predicted octanol–water partition coefficient (Wildman–Crippen LogP) is 4.41. The molecule has 0 heterocycles. The molecular weight excluding hydrogens is 208 g/mol. The van der Waals surface area contributed by atoms with Gasteiger partial charge in [-0.15, -0.1) is 0 Å². The van der Waals surface area contributed by atoms with Crippen LogP contribution in [0.3, 0.4) is 0 Å². The summed E-state index contributed by atoms with van der Waals surface area (Å²) in [5, 5.41) is 10.2. The fourth-order valence-corrected chi connectivity index (χ4v) is 1.60. The number of rotatable bonds is 4. The SMILES string of the molecule is CC(C)=CCc1cccc(CC=C(C)C)c1O. The molecule has 0 amide bonds. The lowest BCUT2D eigenvalue weighted by atomic mass is 10.0. The lowest BCUT2D eigenvalue weighted by molar-refractivity contribution is 0.464. The van der Waals surface area contributed by atoms with E-state index in [4.69, 9.17) is 0 Å². The second-order valence-electron chi connectivity index (χ2n) is 4.90. The Morgan fingerprint density at radius 2 is 1.35 bits per heavy atom. The number of allylic oxidation sites excluding steroid dienone is 4. The molecule has 0 aliphatic rings. The number of phenolic OH excluding ortho intramolecular Hbond substituents is 1. The second-order valence-corrected chi connectivity index (χ2v) is 4.90. The van der Waals surface area contributed by atoms with Crippen LogP contribution in [-0.4, -0.2) is 5.11 Å². The maximum Gasteiger partial charge on any atom is 0.122 e. The van der Waals surface area contributed by atoms with E-state index in [9.17, 15) is 5.11 Å². The summed E-state index contributed by atoms with van der Waals surface area (Å²) in [5.74, 6) is 0.447. The zero-order valence-corrected chi connectivity index (χ0v) is 11.2. The third kappa shape index (κ3) is 4.48. The summed E-state index contributed by atoms with van der Waals surface area (Å²) in [5.41, 5.74) is 4.56. The minimum atomic E-state index is 0.447. The van der Waals surface area contributed by atoms with Gasteiger partial charge in [0.25, 0.3) is 0 Å². The maximum absolute atomic E-state index is 10.2. The highest BCUT2D eigenvalue weighted by atomic mass is 16.3. The highest BCUT2D eigenvalue weighted by molar-refractivity contribution is 5.42. The van der Waals surface area contributed by atoms with E-state index in [-0.39, 0.29) is 0 Å². The van der Waals surface area contributed by atoms with E-state index in [2.05, 4.69) is 39.8 Å². The van der Waals surface area contributed by atoms with Crippen molar-refractivity contribution in [2.75, 3.05) is 0 Å². The van der Waals surface area contributed by atoms with E-state index in [1.165, 1.54) is 11.1 Å². The van der Waals surface area contributed by atoms with E-state index in [1.807, 2.05) is 18.2 Å². The van der Waals surface area contributed by atoms with Crippen LogP contribution < -0.4 is 0 Å². The summed E-state index contributed by atoms with van der Waals surface area (Å²) >= 11 is 0. The first kappa shape index (κ1) is 13.6. The Bertz CT molecular complexity index is 393. The third-order valence-electron chi connectivity index (χ3n) is 2.66. The molecule has 0 saturated carbocycles. The molecule has 1 aromatic rings. The zero-order valence-electron chi connectivity index (χ0n) is 11.2. The van der Waals surface area contributed by atoms with Gasteiger partial charge < -0.3 is 5.11 Å². The second kappa shape index (κ2) is 6.29. The number of hydrogen-bond donors (Lipinski definition) is 1. The van der Waals surface area contributed by atoms with Crippen LogP contribution in [0.25, 0.3) is 0 Å². The Morgan fingerprint density at radius 1 is 0.941 bits per heavy atom.